The molecule has 9 unspecified atom stereocenters. The summed E-state index contributed by atoms with van der Waals surface area (Å²) >= 11 is 10.1. The summed E-state index contributed by atoms with van der Waals surface area (Å²) in [6.07, 6.45) is -0.646. The van der Waals surface area contributed by atoms with Gasteiger partial charge in [-0.15, -0.1) is 11.6 Å². The topological polar surface area (TPSA) is 46.6 Å². The van der Waals surface area contributed by atoms with Crippen LogP contribution in [0.3, 0.4) is 0 Å². The van der Waals surface area contributed by atoms with Crippen molar-refractivity contribution in [3.05, 3.63) is 0 Å². The zero-order valence-electron chi connectivity index (χ0n) is 19.2. The third-order valence-corrected chi connectivity index (χ3v) is 12.4. The molecule has 34 heavy (non-hydrogen) atoms. The van der Waals surface area contributed by atoms with Gasteiger partial charge in [0.05, 0.1) is 23.9 Å². The maximum absolute atomic E-state index is 14.4. The Hall–Kier alpha value is 0.360. The van der Waals surface area contributed by atoms with Crippen molar-refractivity contribution in [1.82, 2.24) is 4.31 Å². The van der Waals surface area contributed by atoms with Crippen LogP contribution in [0.25, 0.3) is 0 Å². The van der Waals surface area contributed by atoms with Gasteiger partial charge in [-0.3, -0.25) is 0 Å². The summed E-state index contributed by atoms with van der Waals surface area (Å²) in [6, 6.07) is -0.289. The number of piperidine rings is 1. The van der Waals surface area contributed by atoms with E-state index in [1.807, 2.05) is 0 Å². The summed E-state index contributed by atoms with van der Waals surface area (Å²) in [5.41, 5.74) is 0. The Labute approximate surface area is 213 Å². The normalized spacial score (nSPS) is 42.8. The van der Waals surface area contributed by atoms with E-state index in [4.69, 9.17) is 16.3 Å². The largest absolute Gasteiger partial charge is 0.391 e. The number of fused-ring (bicyclic) bond motifs is 1. The van der Waals surface area contributed by atoms with Gasteiger partial charge in [-0.25, -0.2) is 12.8 Å². The van der Waals surface area contributed by atoms with Crippen molar-refractivity contribution in [3.8, 4) is 0 Å². The molecular weight excluding hydrogens is 562 g/mol. The van der Waals surface area contributed by atoms with Crippen molar-refractivity contribution in [1.29, 1.82) is 0 Å². The highest BCUT2D eigenvalue weighted by molar-refractivity contribution is 9.09. The summed E-state index contributed by atoms with van der Waals surface area (Å²) < 4.78 is 89.2. The first-order chi connectivity index (χ1) is 16.0. The van der Waals surface area contributed by atoms with Crippen molar-refractivity contribution < 1.29 is 30.7 Å². The van der Waals surface area contributed by atoms with Gasteiger partial charge in [0.2, 0.25) is 10.0 Å². The van der Waals surface area contributed by atoms with E-state index in [0.717, 1.165) is 25.7 Å². The number of rotatable bonds is 5. The molecule has 1 saturated heterocycles. The van der Waals surface area contributed by atoms with Crippen LogP contribution in [-0.4, -0.2) is 65.8 Å². The first kappa shape index (κ1) is 27.4. The minimum Gasteiger partial charge on any atom is -0.377 e. The number of alkyl halides is 6. The number of sulfonamides is 1. The second-order valence-corrected chi connectivity index (χ2v) is 14.5. The van der Waals surface area contributed by atoms with Gasteiger partial charge in [-0.2, -0.15) is 17.5 Å². The lowest BCUT2D eigenvalue weighted by atomic mass is 9.78. The average Bonchev–Trinajstić information content (AvgIpc) is 2.78. The van der Waals surface area contributed by atoms with Crippen LogP contribution in [-0.2, 0) is 14.8 Å². The molecule has 11 heteroatoms. The monoisotopic (exact) mass is 595 g/mol. The van der Waals surface area contributed by atoms with Gasteiger partial charge >= 0.3 is 6.18 Å². The Balaban J connectivity index is 1.45. The zero-order valence-corrected chi connectivity index (χ0v) is 22.4. The Bertz CT molecular complexity index is 794. The molecule has 0 bridgehead atoms. The summed E-state index contributed by atoms with van der Waals surface area (Å²) in [5, 5.41) is -1.26. The van der Waals surface area contributed by atoms with Crippen molar-refractivity contribution in [2.24, 2.45) is 17.8 Å². The molecule has 4 rings (SSSR count). The summed E-state index contributed by atoms with van der Waals surface area (Å²) in [7, 11) is -3.86. The van der Waals surface area contributed by atoms with Crippen molar-refractivity contribution >= 4 is 37.6 Å². The molecule has 1 aliphatic heterocycles. The Morgan fingerprint density at radius 1 is 1.00 bits per heavy atom. The van der Waals surface area contributed by atoms with Gasteiger partial charge < -0.3 is 4.74 Å². The molecule has 1 heterocycles. The predicted molar refractivity (Wildman–Crippen MR) is 128 cm³/mol. The average molecular weight is 597 g/mol. The predicted octanol–water partition coefficient (Wildman–Crippen LogP) is 6.21. The Morgan fingerprint density at radius 3 is 2.44 bits per heavy atom. The third kappa shape index (κ3) is 5.91. The molecule has 0 amide bonds. The maximum Gasteiger partial charge on any atom is 0.391 e. The smallest absolute Gasteiger partial charge is 0.377 e. The molecule has 0 aromatic heterocycles. The fraction of sp³-hybridized carbons (Fsp3) is 1.00. The fourth-order valence-corrected chi connectivity index (χ4v) is 10.1. The number of hydrogen-bond donors (Lipinski definition) is 0. The molecule has 4 fully saturated rings. The molecule has 9 atom stereocenters. The van der Waals surface area contributed by atoms with Crippen LogP contribution in [0.1, 0.15) is 70.6 Å². The van der Waals surface area contributed by atoms with E-state index in [0.29, 0.717) is 25.8 Å². The molecule has 4 nitrogen and oxygen atoms in total. The van der Waals surface area contributed by atoms with Gasteiger partial charge in [0.15, 0.2) is 0 Å². The Kier molecular flexibility index (Phi) is 8.86. The minimum atomic E-state index is -4.36. The van der Waals surface area contributed by atoms with E-state index in [-0.39, 0.29) is 66.5 Å². The molecule has 0 aromatic rings. The Morgan fingerprint density at radius 2 is 1.74 bits per heavy atom. The number of halogens is 6. The lowest BCUT2D eigenvalue weighted by molar-refractivity contribution is -0.181. The summed E-state index contributed by atoms with van der Waals surface area (Å²) in [5.74, 6) is -1.79. The van der Waals surface area contributed by atoms with Crippen molar-refractivity contribution in [3.63, 3.8) is 0 Å². The second-order valence-electron chi connectivity index (χ2n) is 10.6. The van der Waals surface area contributed by atoms with Gasteiger partial charge in [-0.05, 0) is 70.1 Å². The van der Waals surface area contributed by atoms with E-state index in [2.05, 4.69) is 15.9 Å². The minimum absolute atomic E-state index is 0.00104. The highest BCUT2D eigenvalue weighted by atomic mass is 79.9. The highest BCUT2D eigenvalue weighted by Gasteiger charge is 2.50. The molecule has 0 N–H and O–H groups in total. The van der Waals surface area contributed by atoms with Crippen LogP contribution >= 0.6 is 27.5 Å². The molecular formula is C23H35BrClF4NO3S. The van der Waals surface area contributed by atoms with E-state index in [1.165, 1.54) is 4.31 Å². The summed E-state index contributed by atoms with van der Waals surface area (Å²) in [6.45, 7) is 0.539. The lowest BCUT2D eigenvalue weighted by Gasteiger charge is -2.48. The molecule has 3 aliphatic carbocycles. The van der Waals surface area contributed by atoms with E-state index < -0.39 is 33.5 Å². The van der Waals surface area contributed by atoms with Crippen LogP contribution in [0.2, 0.25) is 0 Å². The number of hydrogen-bond acceptors (Lipinski definition) is 3. The zero-order chi connectivity index (χ0) is 24.7. The molecule has 4 aliphatic rings. The van der Waals surface area contributed by atoms with Crippen LogP contribution in [0.5, 0.6) is 0 Å². The van der Waals surface area contributed by atoms with Gasteiger partial charge in [0.25, 0.3) is 0 Å². The van der Waals surface area contributed by atoms with E-state index >= 15 is 0 Å². The van der Waals surface area contributed by atoms with Crippen molar-refractivity contribution in [2.45, 2.75) is 111 Å². The van der Waals surface area contributed by atoms with Crippen LogP contribution < -0.4 is 0 Å². The second kappa shape index (κ2) is 11.0. The number of nitrogens with zero attached hydrogens (tertiary/aromatic N) is 1. The molecule has 0 spiro atoms. The van der Waals surface area contributed by atoms with E-state index in [9.17, 15) is 26.0 Å². The van der Waals surface area contributed by atoms with Crippen LogP contribution in [0.15, 0.2) is 0 Å². The summed E-state index contributed by atoms with van der Waals surface area (Å²) in [4.78, 5) is 0.0242. The first-order valence-corrected chi connectivity index (χ1v) is 15.4. The van der Waals surface area contributed by atoms with E-state index in [1.54, 1.807) is 0 Å². The van der Waals surface area contributed by atoms with Crippen LogP contribution in [0.4, 0.5) is 17.6 Å². The molecule has 198 valence electrons. The SMILES string of the molecule is O=S(=O)(C1CCCC(C(F)(F)F)C1)N1CCCC2CC(Br)C(OCC3C(F)CCCC3Cl)CC21. The van der Waals surface area contributed by atoms with Gasteiger partial charge in [-0.1, -0.05) is 22.4 Å². The van der Waals surface area contributed by atoms with Gasteiger partial charge in [0, 0.05) is 28.7 Å². The highest BCUT2D eigenvalue weighted by Crippen LogP contribution is 2.45. The maximum atomic E-state index is 14.4. The lowest BCUT2D eigenvalue weighted by Crippen LogP contribution is -2.57. The standard InChI is InChI=1S/C23H35BrClF4NO3S/c24-18-10-14-4-3-9-30(34(31,32)16-6-1-5-15(11-16)23(27,28)29)21(14)12-22(18)33-13-17-19(25)7-2-8-20(17)26/h14-22H,1-13H2. The number of ether oxygens (including phenoxy) is 1. The third-order valence-electron chi connectivity index (χ3n) is 8.50. The fourth-order valence-electron chi connectivity index (χ4n) is 6.51. The van der Waals surface area contributed by atoms with Crippen molar-refractivity contribution in [2.75, 3.05) is 13.2 Å². The van der Waals surface area contributed by atoms with Gasteiger partial charge in [0.1, 0.15) is 6.17 Å². The quantitative estimate of drug-likeness (QED) is 0.280. The molecule has 0 aromatic carbocycles. The first-order valence-electron chi connectivity index (χ1n) is 12.6. The molecule has 3 saturated carbocycles. The molecule has 0 radical (unpaired) electrons. The van der Waals surface area contributed by atoms with Crippen LogP contribution in [0, 0.1) is 17.8 Å².